The van der Waals surface area contributed by atoms with Gasteiger partial charge in [-0.2, -0.15) is 11.8 Å². The Morgan fingerprint density at radius 1 is 1.42 bits per heavy atom. The van der Waals surface area contributed by atoms with Crippen LogP contribution in [0.1, 0.15) is 25.6 Å². The zero-order valence-corrected chi connectivity index (χ0v) is 13.0. The van der Waals surface area contributed by atoms with E-state index in [1.165, 1.54) is 0 Å². The number of benzene rings is 1. The van der Waals surface area contributed by atoms with E-state index in [0.717, 1.165) is 11.3 Å². The molecule has 1 aromatic rings. The van der Waals surface area contributed by atoms with Gasteiger partial charge in [-0.25, -0.2) is 0 Å². The maximum absolute atomic E-state index is 12.3. The lowest BCUT2D eigenvalue weighted by Gasteiger charge is -2.30. The summed E-state index contributed by atoms with van der Waals surface area (Å²) in [5.41, 5.74) is 1.08. The molecule has 19 heavy (non-hydrogen) atoms. The molecule has 0 bridgehead atoms. The van der Waals surface area contributed by atoms with E-state index < -0.39 is 0 Å². The summed E-state index contributed by atoms with van der Waals surface area (Å²) in [6.07, 6.45) is 2.01. The third-order valence-electron chi connectivity index (χ3n) is 3.38. The second-order valence-electron chi connectivity index (χ2n) is 4.89. The van der Waals surface area contributed by atoms with Crippen LogP contribution in [0.25, 0.3) is 0 Å². The normalized spacial score (nSPS) is 24.8. The third kappa shape index (κ3) is 3.07. The largest absolute Gasteiger partial charge is 0.318 e. The summed E-state index contributed by atoms with van der Waals surface area (Å²) in [5.74, 6) is 1.10. The molecule has 1 aliphatic heterocycles. The van der Waals surface area contributed by atoms with Crippen molar-refractivity contribution < 1.29 is 4.79 Å². The predicted molar refractivity (Wildman–Crippen MR) is 81.5 cm³/mol. The number of hydrogen-bond acceptors (Lipinski definition) is 3. The molecule has 1 aromatic carbocycles. The number of carbonyl (C=O) groups is 1. The van der Waals surface area contributed by atoms with E-state index >= 15 is 0 Å². The number of nitrogens with zero attached hydrogens (tertiary/aromatic N) is 1. The van der Waals surface area contributed by atoms with Gasteiger partial charge in [0.2, 0.25) is 5.91 Å². The first-order valence-corrected chi connectivity index (χ1v) is 8.14. The van der Waals surface area contributed by atoms with Gasteiger partial charge < -0.3 is 4.90 Å². The molecule has 1 amide bonds. The molecule has 1 N–H and O–H groups in total. The highest BCUT2D eigenvalue weighted by Gasteiger charge is 2.39. The highest BCUT2D eigenvalue weighted by atomic mass is 35.5. The molecule has 5 heteroatoms. The molecule has 0 aromatic heterocycles. The molecule has 3 unspecified atom stereocenters. The van der Waals surface area contributed by atoms with Crippen LogP contribution >= 0.6 is 23.4 Å². The van der Waals surface area contributed by atoms with Crippen LogP contribution in [0.3, 0.4) is 0 Å². The summed E-state index contributed by atoms with van der Waals surface area (Å²) in [6, 6.07) is 7.76. The molecule has 1 saturated heterocycles. The van der Waals surface area contributed by atoms with Gasteiger partial charge in [-0.05, 0) is 37.8 Å². The summed E-state index contributed by atoms with van der Waals surface area (Å²) in [7, 11) is 0. The van der Waals surface area contributed by atoms with Crippen LogP contribution in [0, 0.1) is 0 Å². The lowest BCUT2D eigenvalue weighted by Crippen LogP contribution is -2.39. The smallest absolute Gasteiger partial charge is 0.241 e. The van der Waals surface area contributed by atoms with Gasteiger partial charge in [0.05, 0.1) is 6.04 Å². The molecule has 0 spiro atoms. The van der Waals surface area contributed by atoms with Gasteiger partial charge in [0.1, 0.15) is 6.17 Å². The fourth-order valence-corrected chi connectivity index (χ4v) is 3.20. The zero-order valence-electron chi connectivity index (χ0n) is 11.4. The van der Waals surface area contributed by atoms with Crippen molar-refractivity contribution in [2.75, 3.05) is 12.0 Å². The number of hydrogen-bond donors (Lipinski definition) is 1. The van der Waals surface area contributed by atoms with E-state index in [4.69, 9.17) is 11.6 Å². The molecular formula is C14H19ClN2OS. The lowest BCUT2D eigenvalue weighted by atomic mass is 10.1. The number of halogens is 1. The van der Waals surface area contributed by atoms with Gasteiger partial charge in [0.15, 0.2) is 0 Å². The first-order chi connectivity index (χ1) is 9.04. The van der Waals surface area contributed by atoms with Crippen LogP contribution in [0.5, 0.6) is 0 Å². The maximum atomic E-state index is 12.3. The number of amides is 1. The SMILES string of the molecule is CSCC(C)N1C(=O)C(C)NC1c1ccc(Cl)cc1. The Hall–Kier alpha value is -0.710. The molecule has 1 aliphatic rings. The zero-order chi connectivity index (χ0) is 14.0. The van der Waals surface area contributed by atoms with E-state index in [-0.39, 0.29) is 24.2 Å². The second-order valence-corrected chi connectivity index (χ2v) is 6.24. The second kappa shape index (κ2) is 6.16. The van der Waals surface area contributed by atoms with Gasteiger partial charge in [0, 0.05) is 16.8 Å². The molecule has 104 valence electrons. The summed E-state index contributed by atoms with van der Waals surface area (Å²) in [5, 5.41) is 4.07. The fraction of sp³-hybridized carbons (Fsp3) is 0.500. The van der Waals surface area contributed by atoms with Crippen molar-refractivity contribution in [1.82, 2.24) is 10.2 Å². The molecule has 0 radical (unpaired) electrons. The third-order valence-corrected chi connectivity index (χ3v) is 4.45. The Morgan fingerprint density at radius 3 is 2.63 bits per heavy atom. The van der Waals surface area contributed by atoms with E-state index in [1.54, 1.807) is 11.8 Å². The average Bonchev–Trinajstić information content (AvgIpc) is 2.67. The quantitative estimate of drug-likeness (QED) is 0.927. The molecule has 1 heterocycles. The fourth-order valence-electron chi connectivity index (χ4n) is 2.43. The molecule has 0 aliphatic carbocycles. The van der Waals surface area contributed by atoms with Crippen molar-refractivity contribution in [2.45, 2.75) is 32.1 Å². The van der Waals surface area contributed by atoms with E-state index in [0.29, 0.717) is 5.02 Å². The van der Waals surface area contributed by atoms with Gasteiger partial charge in [0.25, 0.3) is 0 Å². The monoisotopic (exact) mass is 298 g/mol. The Morgan fingerprint density at radius 2 is 2.05 bits per heavy atom. The van der Waals surface area contributed by atoms with Crippen LogP contribution in [0.15, 0.2) is 24.3 Å². The highest BCUT2D eigenvalue weighted by molar-refractivity contribution is 7.98. The Bertz CT molecular complexity index is 451. The number of carbonyl (C=O) groups excluding carboxylic acids is 1. The van der Waals surface area contributed by atoms with Crippen molar-refractivity contribution in [3.8, 4) is 0 Å². The lowest BCUT2D eigenvalue weighted by molar-refractivity contribution is -0.131. The van der Waals surface area contributed by atoms with Crippen molar-refractivity contribution in [1.29, 1.82) is 0 Å². The standard InChI is InChI=1S/C14H19ClN2OS/c1-9(8-19-3)17-13(16-10(2)14(17)18)11-4-6-12(15)7-5-11/h4-7,9-10,13,16H,8H2,1-3H3. The topological polar surface area (TPSA) is 32.3 Å². The summed E-state index contributed by atoms with van der Waals surface area (Å²) in [6.45, 7) is 4.01. The number of thioether (sulfide) groups is 1. The number of rotatable bonds is 4. The van der Waals surface area contributed by atoms with Crippen molar-refractivity contribution in [2.24, 2.45) is 0 Å². The minimum absolute atomic E-state index is 0.0538. The highest BCUT2D eigenvalue weighted by Crippen LogP contribution is 2.29. The van der Waals surface area contributed by atoms with Crippen LogP contribution in [0.4, 0.5) is 0 Å². The number of nitrogens with one attached hydrogen (secondary N) is 1. The van der Waals surface area contributed by atoms with Gasteiger partial charge in [-0.15, -0.1) is 0 Å². The average molecular weight is 299 g/mol. The van der Waals surface area contributed by atoms with Crippen molar-refractivity contribution >= 4 is 29.3 Å². The van der Waals surface area contributed by atoms with Crippen LogP contribution in [-0.2, 0) is 4.79 Å². The minimum atomic E-state index is -0.134. The van der Waals surface area contributed by atoms with Gasteiger partial charge in [-0.1, -0.05) is 23.7 Å². The summed E-state index contributed by atoms with van der Waals surface area (Å²) >= 11 is 7.68. The molecule has 3 nitrogen and oxygen atoms in total. The Kier molecular flexibility index (Phi) is 4.76. The summed E-state index contributed by atoms with van der Waals surface area (Å²) in [4.78, 5) is 14.2. The first-order valence-electron chi connectivity index (χ1n) is 6.37. The Labute approximate surface area is 123 Å². The molecular weight excluding hydrogens is 280 g/mol. The maximum Gasteiger partial charge on any atom is 0.241 e. The minimum Gasteiger partial charge on any atom is -0.318 e. The molecule has 1 fully saturated rings. The van der Waals surface area contributed by atoms with Crippen molar-refractivity contribution in [3.63, 3.8) is 0 Å². The molecule has 0 saturated carbocycles. The van der Waals surface area contributed by atoms with E-state index in [2.05, 4.69) is 18.5 Å². The molecule has 2 rings (SSSR count). The molecule has 3 atom stereocenters. The van der Waals surface area contributed by atoms with Crippen molar-refractivity contribution in [3.05, 3.63) is 34.9 Å². The van der Waals surface area contributed by atoms with E-state index in [1.807, 2.05) is 36.1 Å². The van der Waals surface area contributed by atoms with Gasteiger partial charge >= 0.3 is 0 Å². The first kappa shape index (κ1) is 14.7. The van der Waals surface area contributed by atoms with E-state index in [9.17, 15) is 4.79 Å². The summed E-state index contributed by atoms with van der Waals surface area (Å²) < 4.78 is 0. The van der Waals surface area contributed by atoms with Crippen LogP contribution in [0.2, 0.25) is 5.02 Å². The predicted octanol–water partition coefficient (Wildman–Crippen LogP) is 2.91. The van der Waals surface area contributed by atoms with Crippen LogP contribution < -0.4 is 5.32 Å². The Balaban J connectivity index is 2.26. The van der Waals surface area contributed by atoms with Crippen LogP contribution in [-0.4, -0.2) is 34.9 Å². The van der Waals surface area contributed by atoms with Gasteiger partial charge in [-0.3, -0.25) is 10.1 Å².